The predicted octanol–water partition coefficient (Wildman–Crippen LogP) is 3.93. The minimum absolute atomic E-state index is 0.0541. The van der Waals surface area contributed by atoms with Gasteiger partial charge in [0.2, 0.25) is 11.8 Å². The highest BCUT2D eigenvalue weighted by Crippen LogP contribution is 2.30. The van der Waals surface area contributed by atoms with Crippen molar-refractivity contribution in [2.75, 3.05) is 16.8 Å². The second-order valence-electron chi connectivity index (χ2n) is 6.91. The number of nitrogens with one attached hydrogen (secondary N) is 2. The van der Waals surface area contributed by atoms with E-state index in [0.29, 0.717) is 11.6 Å². The molecule has 2 amide bonds. The summed E-state index contributed by atoms with van der Waals surface area (Å²) >= 11 is 5.91. The van der Waals surface area contributed by atoms with Crippen LogP contribution in [0.15, 0.2) is 42.5 Å². The van der Waals surface area contributed by atoms with Gasteiger partial charge in [-0.2, -0.15) is 0 Å². The van der Waals surface area contributed by atoms with Crippen LogP contribution in [0, 0.1) is 0 Å². The summed E-state index contributed by atoms with van der Waals surface area (Å²) in [6, 6.07) is 12.8. The second-order valence-corrected chi connectivity index (χ2v) is 7.35. The Kier molecular flexibility index (Phi) is 5.71. The van der Waals surface area contributed by atoms with E-state index < -0.39 is 0 Å². The molecule has 0 radical (unpaired) electrons. The Labute approximate surface area is 164 Å². The lowest BCUT2D eigenvalue weighted by Gasteiger charge is -2.20. The van der Waals surface area contributed by atoms with Gasteiger partial charge in [-0.05, 0) is 61.7 Å². The molecule has 2 unspecified atom stereocenters. The van der Waals surface area contributed by atoms with E-state index in [1.165, 1.54) is 0 Å². The molecule has 2 aromatic rings. The van der Waals surface area contributed by atoms with Crippen LogP contribution in [0.4, 0.5) is 11.4 Å². The molecule has 0 spiro atoms. The van der Waals surface area contributed by atoms with Crippen LogP contribution in [0.25, 0.3) is 0 Å². The van der Waals surface area contributed by atoms with Crippen LogP contribution in [0.5, 0.6) is 0 Å². The zero-order chi connectivity index (χ0) is 19.6. The number of rotatable bonds is 5. The van der Waals surface area contributed by atoms with Crippen molar-refractivity contribution in [1.82, 2.24) is 5.32 Å². The molecule has 0 fully saturated rings. The Bertz CT molecular complexity index is 851. The van der Waals surface area contributed by atoms with E-state index in [4.69, 9.17) is 11.6 Å². The van der Waals surface area contributed by atoms with E-state index in [0.717, 1.165) is 28.9 Å². The van der Waals surface area contributed by atoms with Gasteiger partial charge in [0.25, 0.3) is 0 Å². The van der Waals surface area contributed by atoms with Crippen LogP contribution in [-0.4, -0.2) is 24.4 Å². The summed E-state index contributed by atoms with van der Waals surface area (Å²) in [6.07, 6.45) is 0.832. The zero-order valence-electron chi connectivity index (χ0n) is 15.8. The highest BCUT2D eigenvalue weighted by atomic mass is 35.5. The van der Waals surface area contributed by atoms with Crippen LogP contribution < -0.4 is 15.5 Å². The highest BCUT2D eigenvalue weighted by Gasteiger charge is 2.23. The van der Waals surface area contributed by atoms with E-state index in [2.05, 4.69) is 10.6 Å². The van der Waals surface area contributed by atoms with Gasteiger partial charge in [-0.1, -0.05) is 23.7 Å². The maximum absolute atomic E-state index is 12.5. The van der Waals surface area contributed by atoms with Crippen molar-refractivity contribution >= 4 is 34.8 Å². The van der Waals surface area contributed by atoms with E-state index in [1.54, 1.807) is 11.8 Å². The summed E-state index contributed by atoms with van der Waals surface area (Å²) < 4.78 is 0. The van der Waals surface area contributed by atoms with Crippen LogP contribution >= 0.6 is 11.6 Å². The molecule has 0 saturated heterocycles. The summed E-state index contributed by atoms with van der Waals surface area (Å²) in [5.41, 5.74) is 3.96. The predicted molar refractivity (Wildman–Crippen MR) is 109 cm³/mol. The number of amides is 2. The van der Waals surface area contributed by atoms with E-state index in [9.17, 15) is 9.59 Å². The molecule has 2 atom stereocenters. The molecule has 2 aromatic carbocycles. The van der Waals surface area contributed by atoms with E-state index in [-0.39, 0.29) is 23.9 Å². The number of hydrogen-bond donors (Lipinski definition) is 2. The fraction of sp³-hybridized carbons (Fsp3) is 0.333. The minimum Gasteiger partial charge on any atom is -0.374 e. The Balaban J connectivity index is 1.61. The molecule has 6 heteroatoms. The first kappa shape index (κ1) is 19.2. The van der Waals surface area contributed by atoms with Crippen molar-refractivity contribution in [2.45, 2.75) is 39.3 Å². The normalized spacial score (nSPS) is 15.0. The number of nitrogens with zero attached hydrogens (tertiary/aromatic N) is 1. The third-order valence-corrected chi connectivity index (χ3v) is 5.11. The van der Waals surface area contributed by atoms with Crippen molar-refractivity contribution in [2.24, 2.45) is 0 Å². The molecule has 5 nitrogen and oxygen atoms in total. The first-order chi connectivity index (χ1) is 12.8. The summed E-state index contributed by atoms with van der Waals surface area (Å²) in [5, 5.41) is 6.93. The van der Waals surface area contributed by atoms with Crippen LogP contribution in [0.1, 0.15) is 37.9 Å². The smallest absolute Gasteiger partial charge is 0.242 e. The molecule has 1 aliphatic rings. The summed E-state index contributed by atoms with van der Waals surface area (Å²) in [4.78, 5) is 26.0. The molecule has 142 valence electrons. The standard InChI is InChI=1S/C21H24ClN3O2/c1-13(16-4-6-18(22)7-5-16)24-21(27)14(2)23-19-8-9-20-17(12-19)10-11-25(20)15(3)26/h4-9,12-14,23H,10-11H2,1-3H3,(H,24,27). The topological polar surface area (TPSA) is 61.4 Å². The number of carbonyl (C=O) groups excluding carboxylic acids is 2. The van der Waals surface area contributed by atoms with Gasteiger partial charge in [0.1, 0.15) is 6.04 Å². The highest BCUT2D eigenvalue weighted by molar-refractivity contribution is 6.30. The van der Waals surface area contributed by atoms with Gasteiger partial charge in [0.15, 0.2) is 0 Å². The third kappa shape index (κ3) is 4.42. The van der Waals surface area contributed by atoms with Crippen molar-refractivity contribution in [3.8, 4) is 0 Å². The number of carbonyl (C=O) groups is 2. The van der Waals surface area contributed by atoms with Gasteiger partial charge >= 0.3 is 0 Å². The van der Waals surface area contributed by atoms with Crippen LogP contribution in [-0.2, 0) is 16.0 Å². The first-order valence-corrected chi connectivity index (χ1v) is 9.46. The van der Waals surface area contributed by atoms with Crippen molar-refractivity contribution in [3.05, 3.63) is 58.6 Å². The molecular weight excluding hydrogens is 362 g/mol. The molecule has 0 aliphatic carbocycles. The van der Waals surface area contributed by atoms with E-state index >= 15 is 0 Å². The first-order valence-electron chi connectivity index (χ1n) is 9.08. The number of hydrogen-bond acceptors (Lipinski definition) is 3. The number of fused-ring (bicyclic) bond motifs is 1. The van der Waals surface area contributed by atoms with Crippen molar-refractivity contribution in [1.29, 1.82) is 0 Å². The van der Waals surface area contributed by atoms with Crippen LogP contribution in [0.2, 0.25) is 5.02 Å². The van der Waals surface area contributed by atoms with Gasteiger partial charge in [0.05, 0.1) is 6.04 Å². The molecule has 27 heavy (non-hydrogen) atoms. The largest absolute Gasteiger partial charge is 0.374 e. The second kappa shape index (κ2) is 8.01. The fourth-order valence-corrected chi connectivity index (χ4v) is 3.43. The summed E-state index contributed by atoms with van der Waals surface area (Å²) in [7, 11) is 0. The van der Waals surface area contributed by atoms with Gasteiger partial charge < -0.3 is 15.5 Å². The molecule has 0 saturated carbocycles. The summed E-state index contributed by atoms with van der Waals surface area (Å²) in [6.45, 7) is 6.07. The van der Waals surface area contributed by atoms with Crippen molar-refractivity contribution in [3.63, 3.8) is 0 Å². The van der Waals surface area contributed by atoms with E-state index in [1.807, 2.05) is 56.3 Å². The summed E-state index contributed by atoms with van der Waals surface area (Å²) in [5.74, 6) is -0.0262. The Morgan fingerprint density at radius 2 is 1.81 bits per heavy atom. The quantitative estimate of drug-likeness (QED) is 0.819. The molecule has 3 rings (SSSR count). The van der Waals surface area contributed by atoms with Crippen molar-refractivity contribution < 1.29 is 9.59 Å². The minimum atomic E-state index is -0.386. The molecule has 0 bridgehead atoms. The molecular formula is C21H24ClN3O2. The van der Waals surface area contributed by atoms with Gasteiger partial charge in [-0.15, -0.1) is 0 Å². The third-order valence-electron chi connectivity index (χ3n) is 4.86. The van der Waals surface area contributed by atoms with Gasteiger partial charge in [-0.3, -0.25) is 9.59 Å². The SMILES string of the molecule is CC(=O)N1CCc2cc(NC(C)C(=O)NC(C)c3ccc(Cl)cc3)ccc21. The average Bonchev–Trinajstić information content (AvgIpc) is 3.05. The molecule has 1 heterocycles. The van der Waals surface area contributed by atoms with Gasteiger partial charge in [-0.25, -0.2) is 0 Å². The number of anilines is 2. The Morgan fingerprint density at radius 3 is 2.48 bits per heavy atom. The number of halogens is 1. The molecule has 1 aliphatic heterocycles. The van der Waals surface area contributed by atoms with Crippen LogP contribution in [0.3, 0.4) is 0 Å². The molecule has 2 N–H and O–H groups in total. The lowest BCUT2D eigenvalue weighted by molar-refractivity contribution is -0.122. The fourth-order valence-electron chi connectivity index (χ4n) is 3.31. The lowest BCUT2D eigenvalue weighted by Crippen LogP contribution is -2.38. The zero-order valence-corrected chi connectivity index (χ0v) is 16.5. The lowest BCUT2D eigenvalue weighted by atomic mass is 10.1. The maximum Gasteiger partial charge on any atom is 0.242 e. The van der Waals surface area contributed by atoms with Gasteiger partial charge in [0, 0.05) is 29.9 Å². The average molecular weight is 386 g/mol. The Hall–Kier alpha value is -2.53. The molecule has 0 aromatic heterocycles. The monoisotopic (exact) mass is 385 g/mol. The maximum atomic E-state index is 12.5. The number of benzene rings is 2. The Morgan fingerprint density at radius 1 is 1.11 bits per heavy atom.